The number of rotatable bonds is 2. The summed E-state index contributed by atoms with van der Waals surface area (Å²) >= 11 is 0. The Bertz CT molecular complexity index is 664. The molecule has 1 nitrogen and oxygen atoms in total. The van der Waals surface area contributed by atoms with Gasteiger partial charge in [-0.2, -0.15) is 13.2 Å². The SMILES string of the molecule is Cc1ccc(F)cc1C(O)c1ccc(F)c(C(F)(F)F)c1. The van der Waals surface area contributed by atoms with Crippen LogP contribution in [-0.4, -0.2) is 5.11 Å². The van der Waals surface area contributed by atoms with Gasteiger partial charge in [-0.3, -0.25) is 0 Å². The molecule has 0 aliphatic carbocycles. The van der Waals surface area contributed by atoms with Gasteiger partial charge in [-0.25, -0.2) is 8.78 Å². The summed E-state index contributed by atoms with van der Waals surface area (Å²) in [6, 6.07) is 5.83. The van der Waals surface area contributed by atoms with E-state index >= 15 is 0 Å². The standard InChI is InChI=1S/C15H11F5O/c1-8-2-4-10(16)7-11(8)14(21)9-3-5-13(17)12(6-9)15(18,19)20/h2-7,14,21H,1H3. The first-order valence-electron chi connectivity index (χ1n) is 6.01. The van der Waals surface area contributed by atoms with E-state index in [4.69, 9.17) is 0 Å². The molecule has 112 valence electrons. The van der Waals surface area contributed by atoms with Crippen molar-refractivity contribution in [3.05, 3.63) is 70.3 Å². The van der Waals surface area contributed by atoms with E-state index in [1.165, 1.54) is 12.1 Å². The van der Waals surface area contributed by atoms with E-state index < -0.39 is 29.5 Å². The summed E-state index contributed by atoms with van der Waals surface area (Å²) in [6.45, 7) is 1.59. The van der Waals surface area contributed by atoms with Gasteiger partial charge in [-0.1, -0.05) is 12.1 Å². The van der Waals surface area contributed by atoms with Crippen LogP contribution in [0.4, 0.5) is 22.0 Å². The molecule has 6 heteroatoms. The largest absolute Gasteiger partial charge is 0.419 e. The Kier molecular flexibility index (Phi) is 4.00. The third-order valence-corrected chi connectivity index (χ3v) is 3.15. The number of hydrogen-bond acceptors (Lipinski definition) is 1. The third-order valence-electron chi connectivity index (χ3n) is 3.15. The lowest BCUT2D eigenvalue weighted by atomic mass is 9.96. The first kappa shape index (κ1) is 15.4. The second-order valence-electron chi connectivity index (χ2n) is 4.64. The highest BCUT2D eigenvalue weighted by molar-refractivity contribution is 5.38. The molecule has 0 spiro atoms. The zero-order chi connectivity index (χ0) is 15.8. The predicted octanol–water partition coefficient (Wildman–Crippen LogP) is 4.37. The molecule has 0 aliphatic rings. The minimum Gasteiger partial charge on any atom is -0.384 e. The predicted molar refractivity (Wildman–Crippen MR) is 66.6 cm³/mol. The molecular weight excluding hydrogens is 291 g/mol. The van der Waals surface area contributed by atoms with Crippen LogP contribution in [0.15, 0.2) is 36.4 Å². The van der Waals surface area contributed by atoms with E-state index in [2.05, 4.69) is 0 Å². The summed E-state index contributed by atoms with van der Waals surface area (Å²) in [5.74, 6) is -2.04. The lowest BCUT2D eigenvalue weighted by Gasteiger charge is -2.16. The Hall–Kier alpha value is -1.95. The molecule has 1 N–H and O–H groups in total. The average molecular weight is 302 g/mol. The number of alkyl halides is 3. The van der Waals surface area contributed by atoms with Crippen molar-refractivity contribution in [2.75, 3.05) is 0 Å². The summed E-state index contributed by atoms with van der Waals surface area (Å²) in [7, 11) is 0. The van der Waals surface area contributed by atoms with Crippen LogP contribution in [-0.2, 0) is 6.18 Å². The van der Waals surface area contributed by atoms with Crippen LogP contribution in [0.25, 0.3) is 0 Å². The lowest BCUT2D eigenvalue weighted by molar-refractivity contribution is -0.140. The van der Waals surface area contributed by atoms with E-state index in [9.17, 15) is 27.1 Å². The van der Waals surface area contributed by atoms with E-state index in [1.54, 1.807) is 6.92 Å². The molecule has 21 heavy (non-hydrogen) atoms. The van der Waals surface area contributed by atoms with Gasteiger partial charge in [0.15, 0.2) is 0 Å². The van der Waals surface area contributed by atoms with Crippen LogP contribution < -0.4 is 0 Å². The van der Waals surface area contributed by atoms with Gasteiger partial charge in [0.1, 0.15) is 17.7 Å². The smallest absolute Gasteiger partial charge is 0.384 e. The van der Waals surface area contributed by atoms with Crippen LogP contribution in [0.5, 0.6) is 0 Å². The molecule has 0 bridgehead atoms. The van der Waals surface area contributed by atoms with Crippen molar-refractivity contribution in [2.24, 2.45) is 0 Å². The van der Waals surface area contributed by atoms with Crippen LogP contribution in [0.1, 0.15) is 28.4 Å². The first-order valence-corrected chi connectivity index (χ1v) is 6.01. The molecule has 1 unspecified atom stereocenters. The molecule has 1 atom stereocenters. The van der Waals surface area contributed by atoms with Crippen LogP contribution in [0.2, 0.25) is 0 Å². The molecule has 2 aromatic rings. The quantitative estimate of drug-likeness (QED) is 0.817. The molecule has 0 saturated heterocycles. The maximum absolute atomic E-state index is 13.2. The van der Waals surface area contributed by atoms with Gasteiger partial charge in [0.25, 0.3) is 0 Å². The van der Waals surface area contributed by atoms with Gasteiger partial charge in [0.2, 0.25) is 0 Å². The van der Waals surface area contributed by atoms with Gasteiger partial charge in [-0.05, 0) is 47.9 Å². The summed E-state index contributed by atoms with van der Waals surface area (Å²) in [5.41, 5.74) is -0.970. The summed E-state index contributed by atoms with van der Waals surface area (Å²) < 4.78 is 64.4. The molecule has 0 saturated carbocycles. The van der Waals surface area contributed by atoms with Crippen molar-refractivity contribution in [1.82, 2.24) is 0 Å². The number of halogens is 5. The van der Waals surface area contributed by atoms with Crippen molar-refractivity contribution < 1.29 is 27.1 Å². The topological polar surface area (TPSA) is 20.2 Å². The zero-order valence-electron chi connectivity index (χ0n) is 10.9. The summed E-state index contributed by atoms with van der Waals surface area (Å²) in [5, 5.41) is 10.1. The fourth-order valence-corrected chi connectivity index (χ4v) is 2.02. The Morgan fingerprint density at radius 3 is 2.29 bits per heavy atom. The van der Waals surface area contributed by atoms with Crippen molar-refractivity contribution in [3.8, 4) is 0 Å². The minimum absolute atomic E-state index is 0.134. The van der Waals surface area contributed by atoms with E-state index in [1.807, 2.05) is 0 Å². The first-order chi connectivity index (χ1) is 9.70. The third kappa shape index (κ3) is 3.21. The maximum atomic E-state index is 13.2. The number of benzene rings is 2. The molecule has 2 aromatic carbocycles. The van der Waals surface area contributed by atoms with E-state index in [0.717, 1.165) is 12.1 Å². The van der Waals surface area contributed by atoms with Gasteiger partial charge in [0.05, 0.1) is 5.56 Å². The average Bonchev–Trinajstić information content (AvgIpc) is 2.40. The van der Waals surface area contributed by atoms with Crippen LogP contribution in [0.3, 0.4) is 0 Å². The summed E-state index contributed by atoms with van der Waals surface area (Å²) in [4.78, 5) is 0. The van der Waals surface area contributed by atoms with E-state index in [-0.39, 0.29) is 11.1 Å². The molecule has 0 aromatic heterocycles. The van der Waals surface area contributed by atoms with Crippen molar-refractivity contribution in [2.45, 2.75) is 19.2 Å². The minimum atomic E-state index is -4.86. The maximum Gasteiger partial charge on any atom is 0.419 e. The zero-order valence-corrected chi connectivity index (χ0v) is 10.9. The van der Waals surface area contributed by atoms with Crippen molar-refractivity contribution >= 4 is 0 Å². The van der Waals surface area contributed by atoms with Crippen LogP contribution >= 0.6 is 0 Å². The van der Waals surface area contributed by atoms with Gasteiger partial charge in [-0.15, -0.1) is 0 Å². The number of aliphatic hydroxyl groups is 1. The number of aryl methyl sites for hydroxylation is 1. The molecule has 0 heterocycles. The fraction of sp³-hybridized carbons (Fsp3) is 0.200. The van der Waals surface area contributed by atoms with Crippen molar-refractivity contribution in [3.63, 3.8) is 0 Å². The molecule has 0 aliphatic heterocycles. The monoisotopic (exact) mass is 302 g/mol. The second kappa shape index (κ2) is 5.44. The number of hydrogen-bond donors (Lipinski definition) is 1. The van der Waals surface area contributed by atoms with Crippen LogP contribution in [0, 0.1) is 18.6 Å². The Balaban J connectivity index is 2.49. The molecular formula is C15H11F5O. The van der Waals surface area contributed by atoms with Gasteiger partial charge < -0.3 is 5.11 Å². The van der Waals surface area contributed by atoms with Gasteiger partial charge >= 0.3 is 6.18 Å². The Labute approximate surface area is 117 Å². The Morgan fingerprint density at radius 2 is 1.67 bits per heavy atom. The number of aliphatic hydroxyl groups excluding tert-OH is 1. The molecule has 0 radical (unpaired) electrons. The highest BCUT2D eigenvalue weighted by Gasteiger charge is 2.34. The molecule has 2 rings (SSSR count). The highest BCUT2D eigenvalue weighted by Crippen LogP contribution is 2.34. The lowest BCUT2D eigenvalue weighted by Crippen LogP contribution is -2.11. The van der Waals surface area contributed by atoms with Crippen molar-refractivity contribution in [1.29, 1.82) is 0 Å². The molecule has 0 fully saturated rings. The van der Waals surface area contributed by atoms with E-state index in [0.29, 0.717) is 17.7 Å². The van der Waals surface area contributed by atoms with Gasteiger partial charge in [0, 0.05) is 0 Å². The Morgan fingerprint density at radius 1 is 1.00 bits per heavy atom. The highest BCUT2D eigenvalue weighted by atomic mass is 19.4. The summed E-state index contributed by atoms with van der Waals surface area (Å²) in [6.07, 6.45) is -6.33. The second-order valence-corrected chi connectivity index (χ2v) is 4.64. The normalized spacial score (nSPS) is 13.3. The fourth-order valence-electron chi connectivity index (χ4n) is 2.02. The molecule has 0 amide bonds.